The number of rotatable bonds is 4. The molecule has 0 fully saturated rings. The van der Waals surface area contributed by atoms with E-state index in [1.165, 1.54) is 12.1 Å². The average Bonchev–Trinajstić information content (AvgIpc) is 2.91. The summed E-state index contributed by atoms with van der Waals surface area (Å²) in [6.07, 6.45) is -1.43. The standard InChI is InChI=1S/C19H19F3N2O2S/c1-12(2)24-11-17(13-4-6-14(7-5-13)19(20,21)22)16-9-8-15(10-18(16)24)23-27(3,25)26/h4-12,23H,1-3H3. The molecule has 0 aliphatic rings. The number of nitrogens with one attached hydrogen (secondary N) is 1. The summed E-state index contributed by atoms with van der Waals surface area (Å²) in [6.45, 7) is 3.96. The highest BCUT2D eigenvalue weighted by Gasteiger charge is 2.30. The maximum Gasteiger partial charge on any atom is 0.416 e. The lowest BCUT2D eigenvalue weighted by Crippen LogP contribution is -2.09. The van der Waals surface area contributed by atoms with Crippen molar-refractivity contribution in [1.29, 1.82) is 0 Å². The number of anilines is 1. The fourth-order valence-corrected chi connectivity index (χ4v) is 3.58. The maximum atomic E-state index is 12.8. The van der Waals surface area contributed by atoms with Crippen molar-refractivity contribution in [3.05, 3.63) is 54.2 Å². The molecular weight excluding hydrogens is 377 g/mol. The van der Waals surface area contributed by atoms with Crippen LogP contribution in [0.2, 0.25) is 0 Å². The molecule has 3 rings (SSSR count). The maximum absolute atomic E-state index is 12.8. The third-order valence-corrected chi connectivity index (χ3v) is 4.82. The normalized spacial score (nSPS) is 12.7. The SMILES string of the molecule is CC(C)n1cc(-c2ccc(C(F)(F)F)cc2)c2ccc(NS(C)(=O)=O)cc21. The van der Waals surface area contributed by atoms with Crippen LogP contribution in [0.4, 0.5) is 18.9 Å². The Hall–Kier alpha value is -2.48. The molecule has 3 aromatic rings. The number of aromatic nitrogens is 1. The number of hydrogen-bond acceptors (Lipinski definition) is 2. The number of halogens is 3. The van der Waals surface area contributed by atoms with Crippen molar-refractivity contribution in [2.45, 2.75) is 26.1 Å². The van der Waals surface area contributed by atoms with Crippen molar-refractivity contribution in [1.82, 2.24) is 4.57 Å². The fourth-order valence-electron chi connectivity index (χ4n) is 3.02. The van der Waals surface area contributed by atoms with Crippen molar-refractivity contribution in [3.63, 3.8) is 0 Å². The van der Waals surface area contributed by atoms with E-state index in [0.717, 1.165) is 34.9 Å². The fraction of sp³-hybridized carbons (Fsp3) is 0.263. The van der Waals surface area contributed by atoms with Crippen LogP contribution in [0.3, 0.4) is 0 Å². The second-order valence-electron chi connectivity index (χ2n) is 6.73. The lowest BCUT2D eigenvalue weighted by atomic mass is 10.0. The zero-order valence-electron chi connectivity index (χ0n) is 15.0. The first-order chi connectivity index (χ1) is 12.5. The lowest BCUT2D eigenvalue weighted by Gasteiger charge is -2.10. The first kappa shape index (κ1) is 19.3. The summed E-state index contributed by atoms with van der Waals surface area (Å²) in [5.74, 6) is 0. The van der Waals surface area contributed by atoms with Gasteiger partial charge >= 0.3 is 6.18 Å². The summed E-state index contributed by atoms with van der Waals surface area (Å²) >= 11 is 0. The van der Waals surface area contributed by atoms with Crippen LogP contribution in [0.5, 0.6) is 0 Å². The molecule has 0 radical (unpaired) electrons. The Morgan fingerprint density at radius 3 is 2.19 bits per heavy atom. The molecule has 1 aromatic heterocycles. The molecule has 0 unspecified atom stereocenters. The molecule has 2 aromatic carbocycles. The van der Waals surface area contributed by atoms with Crippen LogP contribution in [0.15, 0.2) is 48.7 Å². The minimum absolute atomic E-state index is 0.0872. The molecule has 144 valence electrons. The zero-order valence-corrected chi connectivity index (χ0v) is 15.8. The minimum Gasteiger partial charge on any atom is -0.344 e. The smallest absolute Gasteiger partial charge is 0.344 e. The highest BCUT2D eigenvalue weighted by molar-refractivity contribution is 7.92. The van der Waals surface area contributed by atoms with E-state index in [0.29, 0.717) is 11.3 Å². The van der Waals surface area contributed by atoms with Crippen molar-refractivity contribution in [2.24, 2.45) is 0 Å². The van der Waals surface area contributed by atoms with Crippen molar-refractivity contribution >= 4 is 26.6 Å². The summed E-state index contributed by atoms with van der Waals surface area (Å²) in [5.41, 5.74) is 1.99. The molecule has 0 saturated carbocycles. The van der Waals surface area contributed by atoms with Crippen molar-refractivity contribution < 1.29 is 21.6 Å². The molecule has 0 amide bonds. The predicted molar refractivity (Wildman–Crippen MR) is 101 cm³/mol. The van der Waals surface area contributed by atoms with Gasteiger partial charge in [-0.05, 0) is 43.7 Å². The third kappa shape index (κ3) is 4.10. The topological polar surface area (TPSA) is 51.1 Å². The van der Waals surface area contributed by atoms with Gasteiger partial charge in [-0.2, -0.15) is 13.2 Å². The molecule has 0 aliphatic heterocycles. The summed E-state index contributed by atoms with van der Waals surface area (Å²) in [7, 11) is -3.41. The molecule has 0 atom stereocenters. The second-order valence-corrected chi connectivity index (χ2v) is 8.47. The van der Waals surface area contributed by atoms with Crippen molar-refractivity contribution in [2.75, 3.05) is 11.0 Å². The van der Waals surface area contributed by atoms with Gasteiger partial charge in [0.25, 0.3) is 0 Å². The van der Waals surface area contributed by atoms with Gasteiger partial charge in [0.15, 0.2) is 0 Å². The summed E-state index contributed by atoms with van der Waals surface area (Å²) in [4.78, 5) is 0. The molecule has 1 N–H and O–H groups in total. The van der Waals surface area contributed by atoms with E-state index in [9.17, 15) is 21.6 Å². The molecule has 0 saturated heterocycles. The molecule has 0 bridgehead atoms. The quantitative estimate of drug-likeness (QED) is 0.652. The molecule has 4 nitrogen and oxygen atoms in total. The van der Waals surface area contributed by atoms with E-state index in [4.69, 9.17) is 0 Å². The monoisotopic (exact) mass is 396 g/mol. The largest absolute Gasteiger partial charge is 0.416 e. The number of sulfonamides is 1. The zero-order chi connectivity index (χ0) is 20.0. The summed E-state index contributed by atoms with van der Waals surface area (Å²) in [6, 6.07) is 10.3. The molecule has 8 heteroatoms. The van der Waals surface area contributed by atoms with E-state index in [-0.39, 0.29) is 6.04 Å². The predicted octanol–water partition coefficient (Wildman–Crippen LogP) is 5.28. The van der Waals surface area contributed by atoms with E-state index in [2.05, 4.69) is 4.72 Å². The van der Waals surface area contributed by atoms with E-state index in [1.54, 1.807) is 18.2 Å². The lowest BCUT2D eigenvalue weighted by molar-refractivity contribution is -0.137. The minimum atomic E-state index is -4.38. The Kier molecular flexibility index (Phi) is 4.71. The van der Waals surface area contributed by atoms with Gasteiger partial charge in [-0.15, -0.1) is 0 Å². The van der Waals surface area contributed by atoms with Crippen LogP contribution in [0, 0.1) is 0 Å². The van der Waals surface area contributed by atoms with Gasteiger partial charge in [0.2, 0.25) is 10.0 Å². The highest BCUT2D eigenvalue weighted by atomic mass is 32.2. The van der Waals surface area contributed by atoms with Crippen LogP contribution < -0.4 is 4.72 Å². The van der Waals surface area contributed by atoms with Gasteiger partial charge in [0.05, 0.1) is 23.0 Å². The molecule has 0 aliphatic carbocycles. The number of benzene rings is 2. The van der Waals surface area contributed by atoms with Gasteiger partial charge < -0.3 is 4.57 Å². The van der Waals surface area contributed by atoms with Crippen LogP contribution in [-0.2, 0) is 16.2 Å². The molecular formula is C19H19F3N2O2S. The second kappa shape index (κ2) is 6.60. The van der Waals surface area contributed by atoms with Gasteiger partial charge in [0, 0.05) is 23.2 Å². The number of fused-ring (bicyclic) bond motifs is 1. The Bertz CT molecular complexity index is 1080. The number of alkyl halides is 3. The van der Waals surface area contributed by atoms with Gasteiger partial charge in [0.1, 0.15) is 0 Å². The summed E-state index contributed by atoms with van der Waals surface area (Å²) in [5, 5.41) is 0.836. The number of nitrogens with zero attached hydrogens (tertiary/aromatic N) is 1. The summed E-state index contributed by atoms with van der Waals surface area (Å²) < 4.78 is 65.8. The Morgan fingerprint density at radius 2 is 1.67 bits per heavy atom. The average molecular weight is 396 g/mol. The van der Waals surface area contributed by atoms with E-state index >= 15 is 0 Å². The molecule has 0 spiro atoms. The van der Waals surface area contributed by atoms with Crippen LogP contribution in [0.25, 0.3) is 22.0 Å². The first-order valence-electron chi connectivity index (χ1n) is 8.26. The van der Waals surface area contributed by atoms with E-state index in [1.807, 2.05) is 24.6 Å². The van der Waals surface area contributed by atoms with Crippen molar-refractivity contribution in [3.8, 4) is 11.1 Å². The van der Waals surface area contributed by atoms with E-state index < -0.39 is 21.8 Å². The van der Waals surface area contributed by atoms with Gasteiger partial charge in [-0.3, -0.25) is 4.72 Å². The van der Waals surface area contributed by atoms with Gasteiger partial charge in [-0.25, -0.2) is 8.42 Å². The molecule has 27 heavy (non-hydrogen) atoms. The Morgan fingerprint density at radius 1 is 1.04 bits per heavy atom. The Balaban J connectivity index is 2.14. The van der Waals surface area contributed by atoms with Crippen LogP contribution >= 0.6 is 0 Å². The first-order valence-corrected chi connectivity index (χ1v) is 10.1. The third-order valence-electron chi connectivity index (χ3n) is 4.22. The number of hydrogen-bond donors (Lipinski definition) is 1. The van der Waals surface area contributed by atoms with Crippen LogP contribution in [0.1, 0.15) is 25.5 Å². The van der Waals surface area contributed by atoms with Crippen LogP contribution in [-0.4, -0.2) is 19.2 Å². The molecule has 1 heterocycles. The van der Waals surface area contributed by atoms with Gasteiger partial charge in [-0.1, -0.05) is 18.2 Å². The Labute approximate surface area is 155 Å². The highest BCUT2D eigenvalue weighted by Crippen LogP contribution is 2.36.